The molecule has 8 heavy (non-hydrogen) atoms. The molecule has 0 aliphatic rings. The lowest BCUT2D eigenvalue weighted by Crippen LogP contribution is -2.06. The molecule has 1 unspecified atom stereocenters. The van der Waals surface area contributed by atoms with Crippen molar-refractivity contribution in [2.75, 3.05) is 0 Å². The Labute approximate surface area is 48.6 Å². The molecule has 48 valence electrons. The molecule has 1 atom stereocenters. The molecule has 0 radical (unpaired) electrons. The average molecular weight is 117 g/mol. The molecule has 0 rings (SSSR count). The van der Waals surface area contributed by atoms with Crippen molar-refractivity contribution in [1.29, 1.82) is 0 Å². The topological polar surface area (TPSA) is 52.8 Å². The molecular weight excluding hydrogens is 106 g/mol. The first kappa shape index (κ1) is 7.43. The van der Waals surface area contributed by atoms with E-state index in [-0.39, 0.29) is 0 Å². The van der Waals surface area contributed by atoms with Crippen LogP contribution in [0.3, 0.4) is 0 Å². The molecule has 3 heteroatoms. The largest absolute Gasteiger partial charge is 0.411 e. The van der Waals surface area contributed by atoms with Crippen LogP contribution in [0.5, 0.6) is 0 Å². The lowest BCUT2D eigenvalue weighted by atomic mass is 10.2. The van der Waals surface area contributed by atoms with Crippen LogP contribution in [0.15, 0.2) is 5.16 Å². The molecule has 0 saturated heterocycles. The van der Waals surface area contributed by atoms with Crippen molar-refractivity contribution in [1.82, 2.24) is 0 Å². The second kappa shape index (κ2) is 4.59. The third-order valence-electron chi connectivity index (χ3n) is 0.823. The van der Waals surface area contributed by atoms with Crippen molar-refractivity contribution in [2.24, 2.45) is 5.16 Å². The highest BCUT2D eigenvalue weighted by Gasteiger charge is 1.94. The van der Waals surface area contributed by atoms with Gasteiger partial charge in [-0.1, -0.05) is 18.5 Å². The summed E-state index contributed by atoms with van der Waals surface area (Å²) in [7, 11) is 0. The Balaban J connectivity index is 3.17. The first-order valence-electron chi connectivity index (χ1n) is 2.67. The highest BCUT2D eigenvalue weighted by atomic mass is 16.4. The Morgan fingerprint density at radius 1 is 1.75 bits per heavy atom. The Morgan fingerprint density at radius 2 is 2.38 bits per heavy atom. The van der Waals surface area contributed by atoms with Gasteiger partial charge in [-0.25, -0.2) is 0 Å². The van der Waals surface area contributed by atoms with Gasteiger partial charge >= 0.3 is 0 Å². The maximum Gasteiger partial charge on any atom is 0.0924 e. The van der Waals surface area contributed by atoms with Gasteiger partial charge in [0.1, 0.15) is 0 Å². The molecular formula is C5H11NO2. The Kier molecular flexibility index (Phi) is 4.26. The normalized spacial score (nSPS) is 14.8. The summed E-state index contributed by atoms with van der Waals surface area (Å²) >= 11 is 0. The lowest BCUT2D eigenvalue weighted by Gasteiger charge is -1.97. The second-order valence-electron chi connectivity index (χ2n) is 1.62. The van der Waals surface area contributed by atoms with Crippen LogP contribution in [-0.4, -0.2) is 22.6 Å². The first-order chi connectivity index (χ1) is 3.81. The number of hydrogen-bond acceptors (Lipinski definition) is 3. The molecule has 0 amide bonds. The summed E-state index contributed by atoms with van der Waals surface area (Å²) < 4.78 is 0. The number of aliphatic hydroxyl groups excluding tert-OH is 1. The molecule has 0 saturated carbocycles. The van der Waals surface area contributed by atoms with Crippen molar-refractivity contribution >= 4 is 6.21 Å². The van der Waals surface area contributed by atoms with Crippen LogP contribution in [-0.2, 0) is 0 Å². The van der Waals surface area contributed by atoms with Gasteiger partial charge in [0.2, 0.25) is 0 Å². The van der Waals surface area contributed by atoms with Crippen molar-refractivity contribution in [2.45, 2.75) is 25.9 Å². The van der Waals surface area contributed by atoms with Crippen LogP contribution >= 0.6 is 0 Å². The zero-order valence-corrected chi connectivity index (χ0v) is 4.91. The van der Waals surface area contributed by atoms with E-state index in [1.54, 1.807) is 0 Å². The fourth-order valence-electron chi connectivity index (χ4n) is 0.447. The van der Waals surface area contributed by atoms with Gasteiger partial charge in [-0.3, -0.25) is 0 Å². The summed E-state index contributed by atoms with van der Waals surface area (Å²) in [5.41, 5.74) is 0. The quantitative estimate of drug-likeness (QED) is 0.323. The minimum Gasteiger partial charge on any atom is -0.411 e. The Bertz CT molecular complexity index is 72.8. The highest BCUT2D eigenvalue weighted by Crippen LogP contribution is 1.91. The predicted molar refractivity (Wildman–Crippen MR) is 31.2 cm³/mol. The molecule has 0 bridgehead atoms. The van der Waals surface area contributed by atoms with E-state index in [1.807, 2.05) is 6.92 Å². The second-order valence-corrected chi connectivity index (χ2v) is 1.62. The Morgan fingerprint density at radius 3 is 2.75 bits per heavy atom. The number of rotatable bonds is 3. The predicted octanol–water partition coefficient (Wildman–Crippen LogP) is 0.607. The number of aliphatic hydroxyl groups is 1. The van der Waals surface area contributed by atoms with E-state index < -0.39 is 6.10 Å². The van der Waals surface area contributed by atoms with Crippen LogP contribution < -0.4 is 0 Å². The van der Waals surface area contributed by atoms with Crippen LogP contribution in [0.2, 0.25) is 0 Å². The van der Waals surface area contributed by atoms with Gasteiger partial charge < -0.3 is 10.3 Å². The molecule has 0 aromatic heterocycles. The smallest absolute Gasteiger partial charge is 0.0924 e. The molecule has 0 aliphatic heterocycles. The fraction of sp³-hybridized carbons (Fsp3) is 0.800. The molecule has 0 heterocycles. The molecule has 0 aliphatic carbocycles. The van der Waals surface area contributed by atoms with Crippen molar-refractivity contribution in [3.63, 3.8) is 0 Å². The molecule has 2 N–H and O–H groups in total. The van der Waals surface area contributed by atoms with Crippen LogP contribution in [0.25, 0.3) is 0 Å². The third-order valence-corrected chi connectivity index (χ3v) is 0.823. The van der Waals surface area contributed by atoms with E-state index >= 15 is 0 Å². The van der Waals surface area contributed by atoms with E-state index in [0.29, 0.717) is 6.42 Å². The number of nitrogens with zero attached hydrogens (tertiary/aromatic N) is 1. The van der Waals surface area contributed by atoms with Gasteiger partial charge in [0.15, 0.2) is 0 Å². The summed E-state index contributed by atoms with van der Waals surface area (Å²) in [4.78, 5) is 0. The van der Waals surface area contributed by atoms with E-state index in [4.69, 9.17) is 10.3 Å². The monoisotopic (exact) mass is 117 g/mol. The summed E-state index contributed by atoms with van der Waals surface area (Å²) in [6.45, 7) is 1.95. The molecule has 0 spiro atoms. The van der Waals surface area contributed by atoms with Gasteiger partial charge in [-0.15, -0.1) is 0 Å². The maximum absolute atomic E-state index is 8.74. The lowest BCUT2D eigenvalue weighted by molar-refractivity contribution is 0.226. The number of hydrogen-bond donors (Lipinski definition) is 2. The van der Waals surface area contributed by atoms with E-state index in [9.17, 15) is 0 Å². The zero-order chi connectivity index (χ0) is 6.41. The van der Waals surface area contributed by atoms with Crippen molar-refractivity contribution < 1.29 is 10.3 Å². The van der Waals surface area contributed by atoms with Crippen molar-refractivity contribution in [3.05, 3.63) is 0 Å². The molecule has 0 aromatic carbocycles. The average Bonchev–Trinajstić information content (AvgIpc) is 1.68. The molecule has 3 nitrogen and oxygen atoms in total. The highest BCUT2D eigenvalue weighted by molar-refractivity contribution is 5.61. The van der Waals surface area contributed by atoms with Crippen molar-refractivity contribution in [3.8, 4) is 0 Å². The van der Waals surface area contributed by atoms with E-state index in [2.05, 4.69) is 5.16 Å². The summed E-state index contributed by atoms with van der Waals surface area (Å²) in [5.74, 6) is 0. The van der Waals surface area contributed by atoms with E-state index in [0.717, 1.165) is 12.6 Å². The molecule has 0 fully saturated rings. The van der Waals surface area contributed by atoms with Crippen LogP contribution in [0, 0.1) is 0 Å². The van der Waals surface area contributed by atoms with E-state index in [1.165, 1.54) is 0 Å². The third kappa shape index (κ3) is 3.61. The SMILES string of the molecule is CCCC(O)C=NO. The maximum atomic E-state index is 8.74. The number of oxime groups is 1. The summed E-state index contributed by atoms with van der Waals surface area (Å²) in [5, 5.41) is 19.3. The fourth-order valence-corrected chi connectivity index (χ4v) is 0.447. The van der Waals surface area contributed by atoms with Gasteiger partial charge in [-0.2, -0.15) is 0 Å². The molecule has 0 aromatic rings. The van der Waals surface area contributed by atoms with Crippen LogP contribution in [0.1, 0.15) is 19.8 Å². The summed E-state index contributed by atoms with van der Waals surface area (Å²) in [6, 6.07) is 0. The standard InChI is InChI=1S/C5H11NO2/c1-2-3-5(7)4-6-8/h4-5,7-8H,2-3H2,1H3. The van der Waals surface area contributed by atoms with Gasteiger partial charge in [-0.05, 0) is 6.42 Å². The minimum atomic E-state index is -0.579. The zero-order valence-electron chi connectivity index (χ0n) is 4.91. The Hall–Kier alpha value is -0.570. The summed E-state index contributed by atoms with van der Waals surface area (Å²) in [6.07, 6.45) is 2.09. The van der Waals surface area contributed by atoms with Gasteiger partial charge in [0.05, 0.1) is 12.3 Å². The van der Waals surface area contributed by atoms with Crippen LogP contribution in [0.4, 0.5) is 0 Å². The minimum absolute atomic E-state index is 0.579. The van der Waals surface area contributed by atoms with Gasteiger partial charge in [0.25, 0.3) is 0 Å². The van der Waals surface area contributed by atoms with Gasteiger partial charge in [0, 0.05) is 0 Å². The first-order valence-corrected chi connectivity index (χ1v) is 2.67.